The van der Waals surface area contributed by atoms with Crippen LogP contribution in [0.2, 0.25) is 0 Å². The lowest BCUT2D eigenvalue weighted by atomic mass is 10.00. The summed E-state index contributed by atoms with van der Waals surface area (Å²) in [5.41, 5.74) is 3.73. The van der Waals surface area contributed by atoms with E-state index in [4.69, 9.17) is 9.73 Å². The molecule has 9 heteroatoms. The van der Waals surface area contributed by atoms with E-state index in [1.54, 1.807) is 14.0 Å². The molecule has 30 heavy (non-hydrogen) atoms. The number of hydrogen-bond donors (Lipinski definition) is 1. The van der Waals surface area contributed by atoms with Gasteiger partial charge >= 0.3 is 0 Å². The number of ether oxygens (including phenoxy) is 1. The van der Waals surface area contributed by atoms with Gasteiger partial charge in [-0.05, 0) is 45.2 Å². The van der Waals surface area contributed by atoms with Crippen LogP contribution in [0, 0.1) is 13.8 Å². The molecule has 1 saturated heterocycles. The van der Waals surface area contributed by atoms with Crippen molar-refractivity contribution in [3.8, 4) is 0 Å². The van der Waals surface area contributed by atoms with Gasteiger partial charge < -0.3 is 15.0 Å². The molecular weight excluding hydrogens is 515 g/mol. The molecule has 1 aliphatic rings. The fourth-order valence-corrected chi connectivity index (χ4v) is 4.33. The van der Waals surface area contributed by atoms with Crippen LogP contribution in [-0.2, 0) is 14.8 Å². The molecule has 1 N–H and O–H groups in total. The van der Waals surface area contributed by atoms with Gasteiger partial charge in [-0.25, -0.2) is 12.7 Å². The van der Waals surface area contributed by atoms with Gasteiger partial charge in [0.15, 0.2) is 5.96 Å². The molecule has 1 aromatic carbocycles. The van der Waals surface area contributed by atoms with Crippen molar-refractivity contribution in [3.63, 3.8) is 0 Å². The molecule has 1 unspecified atom stereocenters. The summed E-state index contributed by atoms with van der Waals surface area (Å²) in [7, 11) is -1.50. The van der Waals surface area contributed by atoms with Gasteiger partial charge in [0.2, 0.25) is 10.0 Å². The second-order valence-corrected chi connectivity index (χ2v) is 9.84. The van der Waals surface area contributed by atoms with Crippen molar-refractivity contribution in [1.82, 2.24) is 14.5 Å². The van der Waals surface area contributed by atoms with Gasteiger partial charge in [-0.2, -0.15) is 0 Å². The van der Waals surface area contributed by atoms with E-state index >= 15 is 0 Å². The summed E-state index contributed by atoms with van der Waals surface area (Å²) in [6.45, 7) is 12.0. The lowest BCUT2D eigenvalue weighted by Crippen LogP contribution is -2.48. The van der Waals surface area contributed by atoms with Crippen LogP contribution >= 0.6 is 24.0 Å². The van der Waals surface area contributed by atoms with Gasteiger partial charge in [0.05, 0.1) is 18.9 Å². The molecule has 0 saturated carbocycles. The Bertz CT molecular complexity index is 801. The van der Waals surface area contributed by atoms with Gasteiger partial charge in [0.1, 0.15) is 6.10 Å². The third-order valence-corrected chi connectivity index (χ3v) is 7.07. The van der Waals surface area contributed by atoms with Gasteiger partial charge in [-0.15, -0.1) is 24.0 Å². The Kier molecular flexibility index (Phi) is 11.6. The summed E-state index contributed by atoms with van der Waals surface area (Å²) in [5, 5.41) is 3.37. The third kappa shape index (κ3) is 7.65. The van der Waals surface area contributed by atoms with Crippen molar-refractivity contribution >= 4 is 40.0 Å². The monoisotopic (exact) mass is 552 g/mol. The molecule has 1 atom stereocenters. The van der Waals surface area contributed by atoms with Crippen LogP contribution in [0.25, 0.3) is 0 Å². The molecule has 0 aromatic heterocycles. The van der Waals surface area contributed by atoms with Crippen molar-refractivity contribution in [2.75, 3.05) is 52.1 Å². The van der Waals surface area contributed by atoms with E-state index < -0.39 is 10.0 Å². The maximum absolute atomic E-state index is 11.9. The first-order chi connectivity index (χ1) is 13.8. The molecule has 2 rings (SSSR count). The number of aryl methyl sites for hydroxylation is 2. The van der Waals surface area contributed by atoms with E-state index in [1.807, 2.05) is 0 Å². The first-order valence-electron chi connectivity index (χ1n) is 10.4. The average molecular weight is 553 g/mol. The van der Waals surface area contributed by atoms with E-state index in [0.717, 1.165) is 25.6 Å². The molecular formula is C21H37IN4O3S. The third-order valence-electron chi connectivity index (χ3n) is 5.21. The number of nitrogens with zero attached hydrogens (tertiary/aromatic N) is 3. The summed E-state index contributed by atoms with van der Waals surface area (Å²) in [6, 6.07) is 6.48. The average Bonchev–Trinajstić information content (AvgIpc) is 2.70. The fraction of sp³-hybridized carbons (Fsp3) is 0.667. The molecule has 1 heterocycles. The Morgan fingerprint density at radius 1 is 1.33 bits per heavy atom. The Balaban J connectivity index is 0.00000450. The minimum Gasteiger partial charge on any atom is -0.370 e. The molecule has 1 aromatic rings. The number of hydrogen-bond acceptors (Lipinski definition) is 4. The van der Waals surface area contributed by atoms with Crippen LogP contribution < -0.4 is 5.32 Å². The number of sulfonamides is 1. The summed E-state index contributed by atoms with van der Waals surface area (Å²) in [5.74, 6) is 0.995. The SMILES string of the molecule is CCNC(=NCCCN(C)S(=O)(=O)CC)N1CCOC(c2ccc(C)cc2C)C1.I. The second-order valence-electron chi connectivity index (χ2n) is 7.48. The second kappa shape index (κ2) is 12.8. The van der Waals surface area contributed by atoms with E-state index in [2.05, 4.69) is 49.2 Å². The Hall–Kier alpha value is -0.910. The summed E-state index contributed by atoms with van der Waals surface area (Å²) in [6.07, 6.45) is 0.712. The van der Waals surface area contributed by atoms with Gasteiger partial charge in [0, 0.05) is 33.2 Å². The van der Waals surface area contributed by atoms with Crippen LogP contribution in [-0.4, -0.2) is 75.7 Å². The molecule has 0 spiro atoms. The lowest BCUT2D eigenvalue weighted by Gasteiger charge is -2.36. The number of morpholine rings is 1. The van der Waals surface area contributed by atoms with Crippen molar-refractivity contribution in [1.29, 1.82) is 0 Å². The summed E-state index contributed by atoms with van der Waals surface area (Å²) >= 11 is 0. The summed E-state index contributed by atoms with van der Waals surface area (Å²) < 4.78 is 31.2. The number of halogens is 1. The van der Waals surface area contributed by atoms with Gasteiger partial charge in [-0.1, -0.05) is 23.8 Å². The summed E-state index contributed by atoms with van der Waals surface area (Å²) in [4.78, 5) is 6.98. The molecule has 7 nitrogen and oxygen atoms in total. The zero-order valence-electron chi connectivity index (χ0n) is 18.8. The maximum atomic E-state index is 11.9. The Morgan fingerprint density at radius 2 is 2.07 bits per heavy atom. The Morgan fingerprint density at radius 3 is 2.70 bits per heavy atom. The minimum absolute atomic E-state index is 0. The van der Waals surface area contributed by atoms with Crippen molar-refractivity contribution < 1.29 is 13.2 Å². The van der Waals surface area contributed by atoms with Crippen LogP contribution in [0.15, 0.2) is 23.2 Å². The van der Waals surface area contributed by atoms with Crippen molar-refractivity contribution in [3.05, 3.63) is 34.9 Å². The zero-order chi connectivity index (χ0) is 21.4. The highest BCUT2D eigenvalue weighted by atomic mass is 127. The highest BCUT2D eigenvalue weighted by molar-refractivity contribution is 14.0. The molecule has 0 radical (unpaired) electrons. The quantitative estimate of drug-likeness (QED) is 0.233. The number of aliphatic imine (C=N–C) groups is 1. The molecule has 1 aliphatic heterocycles. The standard InChI is InChI=1S/C21H36N4O3S.HI/c1-6-22-21(23-11-8-12-24(5)29(26,27)7-2)25-13-14-28-20(16-25)19-10-9-17(3)15-18(19)4;/h9-10,15,20H,6-8,11-14,16H2,1-5H3,(H,22,23);1H. The minimum atomic E-state index is -3.13. The molecule has 0 aliphatic carbocycles. The first kappa shape index (κ1) is 27.1. The normalized spacial score (nSPS) is 17.7. The maximum Gasteiger partial charge on any atom is 0.213 e. The van der Waals surface area contributed by atoms with Crippen molar-refractivity contribution in [2.45, 2.75) is 40.2 Å². The van der Waals surface area contributed by atoms with Crippen LogP contribution in [0.5, 0.6) is 0 Å². The van der Waals surface area contributed by atoms with Crippen molar-refractivity contribution in [2.24, 2.45) is 4.99 Å². The van der Waals surface area contributed by atoms with E-state index in [9.17, 15) is 8.42 Å². The van der Waals surface area contributed by atoms with Gasteiger partial charge in [0.25, 0.3) is 0 Å². The molecule has 0 bridgehead atoms. The highest BCUT2D eigenvalue weighted by Crippen LogP contribution is 2.25. The van der Waals surface area contributed by atoms with E-state index in [1.165, 1.54) is 21.0 Å². The number of rotatable bonds is 8. The topological polar surface area (TPSA) is 74.2 Å². The van der Waals surface area contributed by atoms with E-state index in [-0.39, 0.29) is 35.8 Å². The smallest absolute Gasteiger partial charge is 0.213 e. The van der Waals surface area contributed by atoms with E-state index in [0.29, 0.717) is 26.1 Å². The number of guanidine groups is 1. The van der Waals surface area contributed by atoms with Crippen LogP contribution in [0.4, 0.5) is 0 Å². The molecule has 1 fully saturated rings. The predicted molar refractivity (Wildman–Crippen MR) is 134 cm³/mol. The van der Waals surface area contributed by atoms with Crippen LogP contribution in [0.1, 0.15) is 43.1 Å². The first-order valence-corrected chi connectivity index (χ1v) is 12.1. The zero-order valence-corrected chi connectivity index (χ0v) is 22.0. The number of nitrogens with one attached hydrogen (secondary N) is 1. The highest BCUT2D eigenvalue weighted by Gasteiger charge is 2.25. The molecule has 172 valence electrons. The predicted octanol–water partition coefficient (Wildman–Crippen LogP) is 2.93. The Labute approximate surface area is 199 Å². The van der Waals surface area contributed by atoms with Gasteiger partial charge in [-0.3, -0.25) is 4.99 Å². The fourth-order valence-electron chi connectivity index (χ4n) is 3.48. The number of benzene rings is 1. The largest absolute Gasteiger partial charge is 0.370 e. The van der Waals surface area contributed by atoms with Crippen LogP contribution in [0.3, 0.4) is 0 Å². The lowest BCUT2D eigenvalue weighted by molar-refractivity contribution is -0.00833. The molecule has 0 amide bonds.